The molecule has 1 saturated carbocycles. The lowest BCUT2D eigenvalue weighted by Gasteiger charge is -2.37. The van der Waals surface area contributed by atoms with Crippen LogP contribution < -0.4 is 11.2 Å². The van der Waals surface area contributed by atoms with Crippen LogP contribution in [0, 0.1) is 5.92 Å². The number of nitrogens with one attached hydrogen (secondary N) is 1. The molecule has 1 aromatic rings. The van der Waals surface area contributed by atoms with Crippen LogP contribution in [0.3, 0.4) is 0 Å². The lowest BCUT2D eigenvalue weighted by molar-refractivity contribution is -0.259. The number of hydrogen-bond acceptors (Lipinski definition) is 15. The van der Waals surface area contributed by atoms with Gasteiger partial charge in [0, 0.05) is 31.0 Å². The van der Waals surface area contributed by atoms with Gasteiger partial charge >= 0.3 is 25.8 Å². The highest BCUT2D eigenvalue weighted by atomic mass is 31.2. The molecule has 1 aliphatic carbocycles. The van der Waals surface area contributed by atoms with Gasteiger partial charge in [-0.05, 0) is 26.7 Å². The first-order chi connectivity index (χ1) is 20.4. The number of nitrogens with zero attached hydrogens (tertiary/aromatic N) is 1. The van der Waals surface area contributed by atoms with E-state index in [-0.39, 0.29) is 26.1 Å². The number of hydrogen-bond donors (Lipinski definition) is 2. The largest absolute Gasteiger partial charge is 0.510 e. The monoisotopic (exact) mass is 642 g/mol. The summed E-state index contributed by atoms with van der Waals surface area (Å²) in [6.07, 6.45) is -1.97. The molecule has 43 heavy (non-hydrogen) atoms. The summed E-state index contributed by atoms with van der Waals surface area (Å²) in [5, 5.41) is 11.0. The van der Waals surface area contributed by atoms with Crippen LogP contribution >= 0.6 is 7.82 Å². The highest BCUT2D eigenvalue weighted by Gasteiger charge is 2.59. The number of phosphoric acid groups is 1. The van der Waals surface area contributed by atoms with Crippen molar-refractivity contribution in [3.63, 3.8) is 0 Å². The maximum atomic E-state index is 15.0. The van der Waals surface area contributed by atoms with E-state index in [1.165, 1.54) is 13.8 Å². The van der Waals surface area contributed by atoms with Crippen molar-refractivity contribution in [2.24, 2.45) is 5.92 Å². The van der Waals surface area contributed by atoms with E-state index in [1.807, 2.05) is 0 Å². The van der Waals surface area contributed by atoms with Crippen LogP contribution in [0.25, 0.3) is 0 Å². The van der Waals surface area contributed by atoms with Crippen molar-refractivity contribution < 1.29 is 65.6 Å². The van der Waals surface area contributed by atoms with Gasteiger partial charge < -0.3 is 33.5 Å². The molecule has 1 aromatic heterocycles. The molecular weight excluding hydrogens is 606 g/mol. The van der Waals surface area contributed by atoms with E-state index in [4.69, 9.17) is 23.0 Å². The predicted octanol–water partition coefficient (Wildman–Crippen LogP) is 2.48. The van der Waals surface area contributed by atoms with Crippen molar-refractivity contribution in [1.82, 2.24) is 9.55 Å². The van der Waals surface area contributed by atoms with Crippen molar-refractivity contribution in [3.8, 4) is 0 Å². The average molecular weight is 643 g/mol. The summed E-state index contributed by atoms with van der Waals surface area (Å²) in [6.45, 7) is 0.256. The van der Waals surface area contributed by atoms with Crippen LogP contribution in [0.15, 0.2) is 21.9 Å². The van der Waals surface area contributed by atoms with Gasteiger partial charge in [-0.2, -0.15) is 0 Å². The summed E-state index contributed by atoms with van der Waals surface area (Å²) in [5.41, 5.74) is -3.65. The Kier molecular flexibility index (Phi) is 12.3. The summed E-state index contributed by atoms with van der Waals surface area (Å²) < 4.78 is 75.3. The summed E-state index contributed by atoms with van der Waals surface area (Å²) in [4.78, 5) is 49.3. The molecule has 17 nitrogen and oxygen atoms in total. The number of rotatable bonds is 15. The molecule has 1 saturated heterocycles. The van der Waals surface area contributed by atoms with E-state index in [0.29, 0.717) is 12.8 Å². The lowest BCUT2D eigenvalue weighted by atomic mass is 9.91. The van der Waals surface area contributed by atoms with Crippen LogP contribution in [0.2, 0.25) is 0 Å². The molecule has 2 heterocycles. The third-order valence-electron chi connectivity index (χ3n) is 6.65. The standard InChI is InChI=1S/C24H36FN2O15P/c1-4-34-21(30)36-14-39-43(33,40-15-37-22(31)35-5-2)38-13-23(12-25)18(41-24(32)9-6-7-10-24)16(3)19(42-23)27-11-8-17(28)26-20(27)29/h8,11,16,18-19,32H,4-7,9-10,12-15H2,1-3H3,(H,26,28,29)/t16-,18-,19+,23+/m0/s1. The fourth-order valence-electron chi connectivity index (χ4n) is 4.64. The van der Waals surface area contributed by atoms with E-state index in [9.17, 15) is 28.8 Å². The van der Waals surface area contributed by atoms with Crippen molar-refractivity contribution in [2.45, 2.75) is 70.2 Å². The van der Waals surface area contributed by atoms with E-state index < -0.39 is 87.9 Å². The zero-order valence-corrected chi connectivity index (χ0v) is 24.8. The second-order valence-corrected chi connectivity index (χ2v) is 11.3. The minimum absolute atomic E-state index is 0.0291. The quantitative estimate of drug-likeness (QED) is 0.160. The SMILES string of the molecule is CCOC(=O)OCOP(=O)(OCOC(=O)OCC)OC[C@@]1(CF)O[C@@H](n2ccc(=O)[nH]c2=O)[C@@H](C)[C@@H]1OC1(O)CCCC1. The Morgan fingerprint density at radius 3 is 2.16 bits per heavy atom. The van der Waals surface area contributed by atoms with Crippen LogP contribution in [0.4, 0.5) is 14.0 Å². The van der Waals surface area contributed by atoms with Gasteiger partial charge in [-0.1, -0.05) is 6.92 Å². The smallest absolute Gasteiger partial charge is 0.435 e. The molecule has 0 aromatic carbocycles. The molecule has 19 heteroatoms. The minimum Gasteiger partial charge on any atom is -0.435 e. The molecule has 2 fully saturated rings. The van der Waals surface area contributed by atoms with Gasteiger partial charge in [0.2, 0.25) is 13.6 Å². The second-order valence-electron chi connectivity index (χ2n) is 9.64. The van der Waals surface area contributed by atoms with Gasteiger partial charge in [-0.15, -0.1) is 0 Å². The van der Waals surface area contributed by atoms with Gasteiger partial charge in [0.25, 0.3) is 5.56 Å². The summed E-state index contributed by atoms with van der Waals surface area (Å²) in [7, 11) is -4.83. The minimum atomic E-state index is -4.83. The number of phosphoric ester groups is 1. The lowest BCUT2D eigenvalue weighted by Crippen LogP contribution is -2.52. The molecule has 4 atom stereocenters. The molecule has 1 aliphatic heterocycles. The van der Waals surface area contributed by atoms with Gasteiger partial charge in [-0.3, -0.25) is 18.9 Å². The maximum Gasteiger partial charge on any atom is 0.510 e. The average Bonchev–Trinajstić information content (AvgIpc) is 3.49. The maximum absolute atomic E-state index is 15.0. The number of alkyl halides is 1. The van der Waals surface area contributed by atoms with Gasteiger partial charge in [-0.25, -0.2) is 32.4 Å². The third kappa shape index (κ3) is 9.07. The summed E-state index contributed by atoms with van der Waals surface area (Å²) >= 11 is 0. The molecule has 2 aliphatic rings. The molecule has 0 bridgehead atoms. The fourth-order valence-corrected chi connectivity index (χ4v) is 5.60. The zero-order valence-electron chi connectivity index (χ0n) is 23.9. The normalized spacial score (nSPS) is 24.9. The molecule has 3 rings (SSSR count). The van der Waals surface area contributed by atoms with Crippen molar-refractivity contribution in [3.05, 3.63) is 33.1 Å². The van der Waals surface area contributed by atoms with Crippen molar-refractivity contribution in [2.75, 3.05) is 40.1 Å². The van der Waals surface area contributed by atoms with Crippen LogP contribution in [-0.4, -0.2) is 84.5 Å². The zero-order chi connectivity index (χ0) is 31.7. The Morgan fingerprint density at radius 1 is 1.07 bits per heavy atom. The summed E-state index contributed by atoms with van der Waals surface area (Å²) in [6, 6.07) is 1.06. The van der Waals surface area contributed by atoms with Crippen LogP contribution in [0.5, 0.6) is 0 Å². The van der Waals surface area contributed by atoms with Gasteiger partial charge in [0.15, 0.2) is 5.79 Å². The van der Waals surface area contributed by atoms with E-state index in [1.54, 1.807) is 6.92 Å². The highest BCUT2D eigenvalue weighted by Crippen LogP contribution is 2.53. The number of H-pyrrole nitrogens is 1. The number of halogens is 1. The third-order valence-corrected chi connectivity index (χ3v) is 7.94. The van der Waals surface area contributed by atoms with Gasteiger partial charge in [0.1, 0.15) is 24.6 Å². The first-order valence-corrected chi connectivity index (χ1v) is 14.9. The Bertz CT molecular complexity index is 1220. The molecule has 2 N–H and O–H groups in total. The number of ether oxygens (including phenoxy) is 6. The first-order valence-electron chi connectivity index (χ1n) is 13.5. The number of carbonyl (C=O) groups excluding carboxylic acids is 2. The number of carbonyl (C=O) groups is 2. The Balaban J connectivity index is 1.87. The Labute approximate surface area is 245 Å². The van der Waals surface area contributed by atoms with Crippen LogP contribution in [-0.2, 0) is 46.6 Å². The van der Waals surface area contributed by atoms with Gasteiger partial charge in [0.05, 0.1) is 19.8 Å². The molecule has 0 spiro atoms. The Morgan fingerprint density at radius 2 is 1.65 bits per heavy atom. The van der Waals surface area contributed by atoms with Crippen molar-refractivity contribution in [1.29, 1.82) is 0 Å². The van der Waals surface area contributed by atoms with E-state index >= 15 is 4.39 Å². The number of aromatic nitrogens is 2. The van der Waals surface area contributed by atoms with Crippen LogP contribution in [0.1, 0.15) is 52.7 Å². The molecule has 0 radical (unpaired) electrons. The number of aliphatic hydroxyl groups is 1. The fraction of sp³-hybridized carbons (Fsp3) is 0.750. The predicted molar refractivity (Wildman–Crippen MR) is 139 cm³/mol. The molecular formula is C24H36FN2O15P. The van der Waals surface area contributed by atoms with E-state index in [0.717, 1.165) is 16.8 Å². The molecule has 244 valence electrons. The number of aromatic amines is 1. The second kappa shape index (κ2) is 15.2. The topological polar surface area (TPSA) is 209 Å². The summed E-state index contributed by atoms with van der Waals surface area (Å²) in [5.74, 6) is -2.49. The molecule has 0 unspecified atom stereocenters. The Hall–Kier alpha value is -2.86. The van der Waals surface area contributed by atoms with E-state index in [2.05, 4.69) is 23.9 Å². The molecule has 0 amide bonds. The van der Waals surface area contributed by atoms with Crippen molar-refractivity contribution >= 4 is 20.1 Å². The highest BCUT2D eigenvalue weighted by molar-refractivity contribution is 7.48. The first kappa shape index (κ1) is 34.6.